The van der Waals surface area contributed by atoms with Gasteiger partial charge in [0.25, 0.3) is 5.91 Å². The Balaban J connectivity index is 1.35. The highest BCUT2D eigenvalue weighted by molar-refractivity contribution is 7.21. The number of halogens is 1. The van der Waals surface area contributed by atoms with Gasteiger partial charge >= 0.3 is 0 Å². The van der Waals surface area contributed by atoms with Crippen molar-refractivity contribution < 1.29 is 19.1 Å². The molecule has 6 nitrogen and oxygen atoms in total. The van der Waals surface area contributed by atoms with Crippen LogP contribution in [0.1, 0.15) is 28.2 Å². The summed E-state index contributed by atoms with van der Waals surface area (Å²) < 4.78 is 12.0. The summed E-state index contributed by atoms with van der Waals surface area (Å²) in [4.78, 5) is 25.2. The van der Waals surface area contributed by atoms with E-state index in [9.17, 15) is 9.59 Å². The fourth-order valence-electron chi connectivity index (χ4n) is 3.11. The molecule has 0 spiro atoms. The van der Waals surface area contributed by atoms with Crippen LogP contribution in [0.25, 0.3) is 10.1 Å². The van der Waals surface area contributed by atoms with Crippen LogP contribution in [0.3, 0.4) is 0 Å². The smallest absolute Gasteiger partial charge is 0.263 e. The standard InChI is InChI=1S/C21H19ClN2O4S/c1-12(13-6-7-15-16(10-13)28-9-8-27-15)24-18(25)11-23-21(26)20-19(22)14-4-2-3-5-17(14)29-20/h2-7,10,12H,8-9,11H2,1H3,(H,23,26)(H,24,25). The SMILES string of the molecule is CC(NC(=O)CNC(=O)c1sc2ccccc2c1Cl)c1ccc2c(c1)OCCO2. The van der Waals surface area contributed by atoms with E-state index in [0.29, 0.717) is 34.6 Å². The van der Waals surface area contributed by atoms with Gasteiger partial charge in [-0.3, -0.25) is 9.59 Å². The van der Waals surface area contributed by atoms with Crippen LogP contribution in [0, 0.1) is 0 Å². The van der Waals surface area contributed by atoms with Gasteiger partial charge in [0.2, 0.25) is 5.91 Å². The minimum Gasteiger partial charge on any atom is -0.486 e. The Morgan fingerprint density at radius 1 is 1.14 bits per heavy atom. The number of hydrogen-bond acceptors (Lipinski definition) is 5. The maximum absolute atomic E-state index is 12.5. The van der Waals surface area contributed by atoms with Crippen LogP contribution in [0.5, 0.6) is 11.5 Å². The molecule has 0 bridgehead atoms. The summed E-state index contributed by atoms with van der Waals surface area (Å²) in [6.45, 7) is 2.76. The van der Waals surface area contributed by atoms with Gasteiger partial charge in [0, 0.05) is 10.1 Å². The molecule has 2 amide bonds. The minimum absolute atomic E-state index is 0.141. The molecule has 0 radical (unpaired) electrons. The lowest BCUT2D eigenvalue weighted by atomic mass is 10.1. The van der Waals surface area contributed by atoms with Gasteiger partial charge in [-0.05, 0) is 30.7 Å². The normalized spacial score (nSPS) is 13.7. The molecule has 1 aromatic heterocycles. The van der Waals surface area contributed by atoms with Gasteiger partial charge in [-0.1, -0.05) is 35.9 Å². The Morgan fingerprint density at radius 2 is 1.90 bits per heavy atom. The van der Waals surface area contributed by atoms with Gasteiger partial charge < -0.3 is 20.1 Å². The molecule has 0 saturated heterocycles. The number of benzene rings is 2. The highest BCUT2D eigenvalue weighted by Gasteiger charge is 2.19. The van der Waals surface area contributed by atoms with Crippen molar-refractivity contribution in [1.29, 1.82) is 0 Å². The molecule has 4 rings (SSSR count). The van der Waals surface area contributed by atoms with E-state index in [1.807, 2.05) is 49.4 Å². The predicted octanol–water partition coefficient (Wildman–Crippen LogP) is 3.93. The number of nitrogens with one attached hydrogen (secondary N) is 2. The number of hydrogen-bond donors (Lipinski definition) is 2. The monoisotopic (exact) mass is 430 g/mol. The van der Waals surface area contributed by atoms with E-state index < -0.39 is 0 Å². The highest BCUT2D eigenvalue weighted by Crippen LogP contribution is 2.35. The molecule has 0 saturated carbocycles. The fourth-order valence-corrected chi connectivity index (χ4v) is 4.54. The van der Waals surface area contributed by atoms with Gasteiger partial charge in [0.05, 0.1) is 17.6 Å². The molecule has 1 unspecified atom stereocenters. The van der Waals surface area contributed by atoms with Gasteiger partial charge in [-0.15, -0.1) is 11.3 Å². The molecule has 0 fully saturated rings. The molecule has 8 heteroatoms. The number of amides is 2. The Labute approximate surface area is 176 Å². The molecular weight excluding hydrogens is 412 g/mol. The van der Waals surface area contributed by atoms with E-state index in [0.717, 1.165) is 15.6 Å². The first-order valence-corrected chi connectivity index (χ1v) is 10.4. The van der Waals surface area contributed by atoms with Crippen molar-refractivity contribution in [3.63, 3.8) is 0 Å². The fraction of sp³-hybridized carbons (Fsp3) is 0.238. The molecule has 1 atom stereocenters. The second-order valence-electron chi connectivity index (χ2n) is 6.62. The zero-order valence-corrected chi connectivity index (χ0v) is 17.2. The second kappa shape index (κ2) is 8.31. The highest BCUT2D eigenvalue weighted by atomic mass is 35.5. The summed E-state index contributed by atoms with van der Waals surface area (Å²) in [6, 6.07) is 12.9. The first kappa shape index (κ1) is 19.5. The average Bonchev–Trinajstić information content (AvgIpc) is 3.08. The van der Waals surface area contributed by atoms with Crippen LogP contribution in [-0.2, 0) is 4.79 Å². The number of fused-ring (bicyclic) bond motifs is 2. The molecular formula is C21H19ClN2O4S. The lowest BCUT2D eigenvalue weighted by Crippen LogP contribution is -2.37. The second-order valence-corrected chi connectivity index (χ2v) is 8.05. The van der Waals surface area contributed by atoms with E-state index in [4.69, 9.17) is 21.1 Å². The van der Waals surface area contributed by atoms with Gasteiger partial charge in [-0.2, -0.15) is 0 Å². The van der Waals surface area contributed by atoms with Crippen molar-refractivity contribution in [2.45, 2.75) is 13.0 Å². The molecule has 150 valence electrons. The van der Waals surface area contributed by atoms with Crippen molar-refractivity contribution in [3.05, 3.63) is 57.9 Å². The number of carbonyl (C=O) groups is 2. The van der Waals surface area contributed by atoms with Crippen LogP contribution < -0.4 is 20.1 Å². The third-order valence-electron chi connectivity index (χ3n) is 4.59. The summed E-state index contributed by atoms with van der Waals surface area (Å²) in [5.41, 5.74) is 0.890. The molecule has 2 aromatic carbocycles. The van der Waals surface area contributed by atoms with E-state index in [1.165, 1.54) is 11.3 Å². The number of ether oxygens (including phenoxy) is 2. The lowest BCUT2D eigenvalue weighted by Gasteiger charge is -2.21. The van der Waals surface area contributed by atoms with Crippen molar-refractivity contribution in [2.24, 2.45) is 0 Å². The Morgan fingerprint density at radius 3 is 2.69 bits per heavy atom. The minimum atomic E-state index is -0.363. The molecule has 2 heterocycles. The molecule has 3 aromatic rings. The molecule has 1 aliphatic heterocycles. The summed E-state index contributed by atoms with van der Waals surface area (Å²) in [5, 5.41) is 6.75. The van der Waals surface area contributed by atoms with Crippen LogP contribution in [0.4, 0.5) is 0 Å². The summed E-state index contributed by atoms with van der Waals surface area (Å²) in [5.74, 6) is 0.713. The molecule has 1 aliphatic rings. The first-order valence-electron chi connectivity index (χ1n) is 9.17. The van der Waals surface area contributed by atoms with E-state index >= 15 is 0 Å². The van der Waals surface area contributed by atoms with E-state index in [1.54, 1.807) is 0 Å². The quantitative estimate of drug-likeness (QED) is 0.643. The zero-order chi connectivity index (χ0) is 20.4. The van der Waals surface area contributed by atoms with Gasteiger partial charge in [0.1, 0.15) is 18.1 Å². The van der Waals surface area contributed by atoms with Gasteiger partial charge in [0.15, 0.2) is 11.5 Å². The number of rotatable bonds is 5. The van der Waals surface area contributed by atoms with Crippen molar-refractivity contribution in [2.75, 3.05) is 19.8 Å². The van der Waals surface area contributed by atoms with E-state index in [-0.39, 0.29) is 24.4 Å². The lowest BCUT2D eigenvalue weighted by molar-refractivity contribution is -0.120. The zero-order valence-electron chi connectivity index (χ0n) is 15.7. The van der Waals surface area contributed by atoms with Crippen molar-refractivity contribution >= 4 is 44.8 Å². The summed E-state index contributed by atoms with van der Waals surface area (Å²) >= 11 is 7.62. The van der Waals surface area contributed by atoms with E-state index in [2.05, 4.69) is 10.6 Å². The van der Waals surface area contributed by atoms with Crippen molar-refractivity contribution in [1.82, 2.24) is 10.6 Å². The maximum atomic E-state index is 12.5. The molecule has 2 N–H and O–H groups in total. The first-order chi connectivity index (χ1) is 14.0. The summed E-state index contributed by atoms with van der Waals surface area (Å²) in [6.07, 6.45) is 0. The topological polar surface area (TPSA) is 76.7 Å². The predicted molar refractivity (Wildman–Crippen MR) is 113 cm³/mol. The Kier molecular flexibility index (Phi) is 5.60. The number of thiophene rings is 1. The summed E-state index contributed by atoms with van der Waals surface area (Å²) in [7, 11) is 0. The average molecular weight is 431 g/mol. The van der Waals surface area contributed by atoms with Gasteiger partial charge in [-0.25, -0.2) is 0 Å². The van der Waals surface area contributed by atoms with Crippen LogP contribution in [0.2, 0.25) is 5.02 Å². The Bertz CT molecular complexity index is 1080. The van der Waals surface area contributed by atoms with Crippen LogP contribution in [-0.4, -0.2) is 31.6 Å². The van der Waals surface area contributed by atoms with Crippen LogP contribution >= 0.6 is 22.9 Å². The largest absolute Gasteiger partial charge is 0.486 e. The molecule has 0 aliphatic carbocycles. The third-order valence-corrected chi connectivity index (χ3v) is 6.27. The third kappa shape index (κ3) is 4.16. The van der Waals surface area contributed by atoms with Crippen molar-refractivity contribution in [3.8, 4) is 11.5 Å². The number of carbonyl (C=O) groups excluding carboxylic acids is 2. The van der Waals surface area contributed by atoms with Crippen LogP contribution in [0.15, 0.2) is 42.5 Å². The molecule has 29 heavy (non-hydrogen) atoms. The Hall–Kier alpha value is -2.77. The maximum Gasteiger partial charge on any atom is 0.263 e.